The summed E-state index contributed by atoms with van der Waals surface area (Å²) in [6, 6.07) is 10.4. The van der Waals surface area contributed by atoms with Crippen LogP contribution in [-0.4, -0.2) is 44.8 Å². The average Bonchev–Trinajstić information content (AvgIpc) is 2.66. The lowest BCUT2D eigenvalue weighted by Crippen LogP contribution is -2.37. The third-order valence-electron chi connectivity index (χ3n) is 3.71. The molecule has 144 valence electrons. The molecule has 0 spiro atoms. The standard InChI is InChI=1S/C18H19FN2O5S/c1-3-21(27(24,25)16-10-6-14(19)7-11-16)12-17(22)20-15-8-4-13(5-9-15)18(23)26-2/h4-11H,3,12H2,1-2H3,(H,20,22). The van der Waals surface area contributed by atoms with Gasteiger partial charge in [0.1, 0.15) is 5.82 Å². The summed E-state index contributed by atoms with van der Waals surface area (Å²) >= 11 is 0. The van der Waals surface area contributed by atoms with Crippen molar-refractivity contribution < 1.29 is 27.1 Å². The highest BCUT2D eigenvalue weighted by Gasteiger charge is 2.25. The maximum absolute atomic E-state index is 13.0. The Hall–Kier alpha value is -2.78. The molecule has 0 fully saturated rings. The third kappa shape index (κ3) is 5.11. The van der Waals surface area contributed by atoms with Crippen LogP contribution in [0.15, 0.2) is 53.4 Å². The molecule has 0 heterocycles. The summed E-state index contributed by atoms with van der Waals surface area (Å²) in [6.07, 6.45) is 0. The number of amides is 1. The molecule has 1 amide bonds. The molecule has 0 unspecified atom stereocenters. The van der Waals surface area contributed by atoms with Gasteiger partial charge in [-0.1, -0.05) is 6.92 Å². The summed E-state index contributed by atoms with van der Waals surface area (Å²) in [4.78, 5) is 23.5. The van der Waals surface area contributed by atoms with Crippen LogP contribution < -0.4 is 5.32 Å². The highest BCUT2D eigenvalue weighted by atomic mass is 32.2. The molecule has 9 heteroatoms. The molecule has 0 saturated carbocycles. The van der Waals surface area contributed by atoms with Gasteiger partial charge in [0, 0.05) is 12.2 Å². The van der Waals surface area contributed by atoms with E-state index in [9.17, 15) is 22.4 Å². The molecular weight excluding hydrogens is 375 g/mol. The summed E-state index contributed by atoms with van der Waals surface area (Å²) in [5.74, 6) is -1.60. The maximum atomic E-state index is 13.0. The minimum Gasteiger partial charge on any atom is -0.465 e. The first-order valence-corrected chi connectivity index (χ1v) is 9.46. The van der Waals surface area contributed by atoms with Gasteiger partial charge >= 0.3 is 5.97 Å². The predicted molar refractivity (Wildman–Crippen MR) is 97.2 cm³/mol. The summed E-state index contributed by atoms with van der Waals surface area (Å²) in [7, 11) is -2.67. The van der Waals surface area contributed by atoms with Gasteiger partial charge in [-0.05, 0) is 48.5 Å². The van der Waals surface area contributed by atoms with Crippen molar-refractivity contribution in [2.24, 2.45) is 0 Å². The Morgan fingerprint density at radius 1 is 1.07 bits per heavy atom. The molecule has 27 heavy (non-hydrogen) atoms. The number of sulfonamides is 1. The van der Waals surface area contributed by atoms with Gasteiger partial charge in [-0.25, -0.2) is 17.6 Å². The van der Waals surface area contributed by atoms with Gasteiger partial charge in [0.2, 0.25) is 15.9 Å². The van der Waals surface area contributed by atoms with Crippen LogP contribution in [0.2, 0.25) is 0 Å². The minimum atomic E-state index is -3.93. The smallest absolute Gasteiger partial charge is 0.337 e. The van der Waals surface area contributed by atoms with Crippen molar-refractivity contribution in [1.82, 2.24) is 4.31 Å². The largest absolute Gasteiger partial charge is 0.465 e. The lowest BCUT2D eigenvalue weighted by molar-refractivity contribution is -0.116. The topological polar surface area (TPSA) is 92.8 Å². The highest BCUT2D eigenvalue weighted by molar-refractivity contribution is 7.89. The van der Waals surface area contributed by atoms with Crippen LogP contribution >= 0.6 is 0 Å². The van der Waals surface area contributed by atoms with Crippen LogP contribution in [0.3, 0.4) is 0 Å². The zero-order valence-corrected chi connectivity index (χ0v) is 15.6. The van der Waals surface area contributed by atoms with E-state index in [1.807, 2.05) is 0 Å². The second-order valence-corrected chi connectivity index (χ2v) is 7.44. The number of nitrogens with zero attached hydrogens (tertiary/aromatic N) is 1. The van der Waals surface area contributed by atoms with Gasteiger partial charge in [-0.3, -0.25) is 4.79 Å². The van der Waals surface area contributed by atoms with Crippen LogP contribution in [0.5, 0.6) is 0 Å². The summed E-state index contributed by atoms with van der Waals surface area (Å²) in [5, 5.41) is 2.57. The first-order chi connectivity index (χ1) is 12.8. The fourth-order valence-electron chi connectivity index (χ4n) is 2.29. The SMILES string of the molecule is CCN(CC(=O)Nc1ccc(C(=O)OC)cc1)S(=O)(=O)c1ccc(F)cc1. The molecule has 2 aromatic rings. The Kier molecular flexibility index (Phi) is 6.65. The van der Waals surface area contributed by atoms with E-state index in [2.05, 4.69) is 10.1 Å². The van der Waals surface area contributed by atoms with Crippen molar-refractivity contribution in [3.05, 3.63) is 59.9 Å². The second kappa shape index (κ2) is 8.74. The van der Waals surface area contributed by atoms with Crippen molar-refractivity contribution in [3.63, 3.8) is 0 Å². The number of rotatable bonds is 7. The number of carbonyl (C=O) groups is 2. The number of methoxy groups -OCH3 is 1. The number of carbonyl (C=O) groups excluding carboxylic acids is 2. The number of anilines is 1. The van der Waals surface area contributed by atoms with E-state index in [0.29, 0.717) is 11.3 Å². The van der Waals surface area contributed by atoms with Crippen molar-refractivity contribution in [3.8, 4) is 0 Å². The highest BCUT2D eigenvalue weighted by Crippen LogP contribution is 2.16. The maximum Gasteiger partial charge on any atom is 0.337 e. The number of esters is 1. The number of hydrogen-bond donors (Lipinski definition) is 1. The number of nitrogens with one attached hydrogen (secondary N) is 1. The van der Waals surface area contributed by atoms with E-state index in [1.165, 1.54) is 31.4 Å². The molecular formula is C18H19FN2O5S. The monoisotopic (exact) mass is 394 g/mol. The summed E-state index contributed by atoms with van der Waals surface area (Å²) < 4.78 is 43.8. The quantitative estimate of drug-likeness (QED) is 0.727. The Balaban J connectivity index is 2.08. The van der Waals surface area contributed by atoms with Gasteiger partial charge < -0.3 is 10.1 Å². The Labute approximate surface area is 156 Å². The third-order valence-corrected chi connectivity index (χ3v) is 5.65. The number of ether oxygens (including phenoxy) is 1. The fourth-order valence-corrected chi connectivity index (χ4v) is 3.70. The molecule has 0 aliphatic heterocycles. The van der Waals surface area contributed by atoms with E-state index in [1.54, 1.807) is 6.92 Å². The molecule has 0 saturated heterocycles. The van der Waals surface area contributed by atoms with Crippen molar-refractivity contribution >= 4 is 27.6 Å². The average molecular weight is 394 g/mol. The normalized spacial score (nSPS) is 11.3. The van der Waals surface area contributed by atoms with Gasteiger partial charge in [-0.15, -0.1) is 0 Å². The van der Waals surface area contributed by atoms with Gasteiger partial charge in [0.05, 0.1) is 24.1 Å². The van der Waals surface area contributed by atoms with E-state index < -0.39 is 34.3 Å². The Bertz CT molecular complexity index is 912. The molecule has 0 aliphatic rings. The first kappa shape index (κ1) is 20.5. The van der Waals surface area contributed by atoms with Crippen molar-refractivity contribution in [2.45, 2.75) is 11.8 Å². The number of benzene rings is 2. The minimum absolute atomic E-state index is 0.0639. The van der Waals surface area contributed by atoms with E-state index in [4.69, 9.17) is 0 Å². The summed E-state index contributed by atoms with van der Waals surface area (Å²) in [6.45, 7) is 1.25. The van der Waals surface area contributed by atoms with Gasteiger partial charge in [0.25, 0.3) is 0 Å². The van der Waals surface area contributed by atoms with Crippen LogP contribution in [0.1, 0.15) is 17.3 Å². The molecule has 0 atom stereocenters. The van der Waals surface area contributed by atoms with Crippen LogP contribution in [-0.2, 0) is 19.6 Å². The van der Waals surface area contributed by atoms with E-state index in [0.717, 1.165) is 28.6 Å². The first-order valence-electron chi connectivity index (χ1n) is 8.02. The van der Waals surface area contributed by atoms with Crippen molar-refractivity contribution in [2.75, 3.05) is 25.5 Å². The predicted octanol–water partition coefficient (Wildman–Crippen LogP) is 2.26. The number of hydrogen-bond acceptors (Lipinski definition) is 5. The fraction of sp³-hybridized carbons (Fsp3) is 0.222. The molecule has 2 rings (SSSR count). The molecule has 0 bridgehead atoms. The lowest BCUT2D eigenvalue weighted by Gasteiger charge is -2.20. The van der Waals surface area contributed by atoms with Crippen LogP contribution in [0.4, 0.5) is 10.1 Å². The molecule has 2 aromatic carbocycles. The number of likely N-dealkylation sites (N-methyl/N-ethyl adjacent to an activating group) is 1. The zero-order chi connectivity index (χ0) is 20.0. The Morgan fingerprint density at radius 2 is 1.67 bits per heavy atom. The molecule has 1 N–H and O–H groups in total. The number of halogens is 1. The van der Waals surface area contributed by atoms with Crippen LogP contribution in [0, 0.1) is 5.82 Å². The summed E-state index contributed by atoms with van der Waals surface area (Å²) in [5.41, 5.74) is 0.729. The van der Waals surface area contributed by atoms with E-state index >= 15 is 0 Å². The molecule has 0 aromatic heterocycles. The molecule has 0 aliphatic carbocycles. The zero-order valence-electron chi connectivity index (χ0n) is 14.8. The van der Waals surface area contributed by atoms with E-state index in [-0.39, 0.29) is 11.4 Å². The van der Waals surface area contributed by atoms with Crippen molar-refractivity contribution in [1.29, 1.82) is 0 Å². The van der Waals surface area contributed by atoms with Crippen LogP contribution in [0.25, 0.3) is 0 Å². The van der Waals surface area contributed by atoms with Gasteiger partial charge in [0.15, 0.2) is 0 Å². The molecule has 7 nitrogen and oxygen atoms in total. The molecule has 0 radical (unpaired) electrons. The Morgan fingerprint density at radius 3 is 2.19 bits per heavy atom. The van der Waals surface area contributed by atoms with Gasteiger partial charge in [-0.2, -0.15) is 4.31 Å². The lowest BCUT2D eigenvalue weighted by atomic mass is 10.2. The second-order valence-electron chi connectivity index (χ2n) is 5.50.